The molecule has 0 amide bonds. The van der Waals surface area contributed by atoms with Crippen LogP contribution < -0.4 is 0 Å². The van der Waals surface area contributed by atoms with Gasteiger partial charge < -0.3 is 0 Å². The highest BCUT2D eigenvalue weighted by Crippen LogP contribution is 2.65. The van der Waals surface area contributed by atoms with Crippen LogP contribution in [0, 0.1) is 0 Å². The van der Waals surface area contributed by atoms with Crippen LogP contribution in [0.4, 0.5) is 0 Å². The smallest absolute Gasteiger partial charge is 0.163 e. The van der Waals surface area contributed by atoms with Crippen LogP contribution in [-0.4, -0.2) is 4.09 Å². The number of hydrogen-bond acceptors (Lipinski definition) is 3. The first-order valence-electron chi connectivity index (χ1n) is 8.41. The lowest BCUT2D eigenvalue weighted by molar-refractivity contribution is -0.461. The third kappa shape index (κ3) is 3.12. The van der Waals surface area contributed by atoms with Gasteiger partial charge in [-0.15, -0.1) is 4.99 Å². The standard InChI is InChI=1S/C21H16Br3NO2/c22-20(17-12-6-2-7-13-17)19(16-10-4-1-5-11-16)26-27-25(24)21(20,23)18-14-8-3-9-15-18/h1-15,19H. The predicted molar refractivity (Wildman–Crippen MR) is 116 cm³/mol. The summed E-state index contributed by atoms with van der Waals surface area (Å²) in [6, 6.07) is 30.4. The summed E-state index contributed by atoms with van der Waals surface area (Å²) >= 11 is 11.6. The van der Waals surface area contributed by atoms with E-state index in [1.165, 1.54) is 4.09 Å². The molecule has 0 aromatic heterocycles. The summed E-state index contributed by atoms with van der Waals surface area (Å²) in [5, 5.41) is 0. The van der Waals surface area contributed by atoms with Crippen molar-refractivity contribution in [2.75, 3.05) is 0 Å². The van der Waals surface area contributed by atoms with Gasteiger partial charge in [-0.25, -0.2) is 4.89 Å². The van der Waals surface area contributed by atoms with Gasteiger partial charge in [0.2, 0.25) is 0 Å². The van der Waals surface area contributed by atoms with Gasteiger partial charge in [0.05, 0.1) is 0 Å². The maximum Gasteiger partial charge on any atom is 0.163 e. The molecule has 1 heterocycles. The number of alkyl halides is 2. The van der Waals surface area contributed by atoms with E-state index >= 15 is 0 Å². The van der Waals surface area contributed by atoms with E-state index in [9.17, 15) is 0 Å². The first-order chi connectivity index (χ1) is 13.1. The van der Waals surface area contributed by atoms with Crippen LogP contribution in [0.25, 0.3) is 0 Å². The molecule has 3 nitrogen and oxygen atoms in total. The zero-order valence-electron chi connectivity index (χ0n) is 14.1. The minimum atomic E-state index is -0.804. The van der Waals surface area contributed by atoms with Crippen molar-refractivity contribution in [2.24, 2.45) is 0 Å². The molecule has 0 saturated carbocycles. The molecule has 3 aromatic carbocycles. The molecule has 3 aromatic rings. The topological polar surface area (TPSA) is 21.7 Å². The van der Waals surface area contributed by atoms with E-state index in [0.29, 0.717) is 0 Å². The molecular formula is C21H16Br3NO2. The third-order valence-corrected chi connectivity index (χ3v) is 9.25. The van der Waals surface area contributed by atoms with Gasteiger partial charge in [-0.2, -0.15) is 0 Å². The van der Waals surface area contributed by atoms with Crippen LogP contribution in [0.3, 0.4) is 0 Å². The van der Waals surface area contributed by atoms with Crippen LogP contribution in [0.1, 0.15) is 22.8 Å². The van der Waals surface area contributed by atoms with Gasteiger partial charge in [-0.05, 0) is 16.7 Å². The van der Waals surface area contributed by atoms with Gasteiger partial charge in [0.15, 0.2) is 4.45 Å². The Bertz CT molecular complexity index is 897. The lowest BCUT2D eigenvalue weighted by Gasteiger charge is -2.53. The first-order valence-corrected chi connectivity index (χ1v) is 10.7. The van der Waals surface area contributed by atoms with E-state index < -0.39 is 14.9 Å². The zero-order valence-corrected chi connectivity index (χ0v) is 18.9. The summed E-state index contributed by atoms with van der Waals surface area (Å²) in [6.45, 7) is 0. The first kappa shape index (κ1) is 19.3. The zero-order chi connectivity index (χ0) is 18.9. The molecule has 1 aliphatic rings. The summed E-state index contributed by atoms with van der Waals surface area (Å²) in [6.07, 6.45) is -0.422. The highest BCUT2D eigenvalue weighted by Gasteiger charge is 2.64. The number of hydroxylamine groups is 1. The molecule has 1 saturated heterocycles. The molecule has 27 heavy (non-hydrogen) atoms. The fourth-order valence-electron chi connectivity index (χ4n) is 3.41. The Kier molecular flexibility index (Phi) is 5.56. The second kappa shape index (κ2) is 7.78. The average Bonchev–Trinajstić information content (AvgIpc) is 2.74. The van der Waals surface area contributed by atoms with E-state index in [-0.39, 0.29) is 0 Å². The quantitative estimate of drug-likeness (QED) is 0.155. The molecule has 0 N–H and O–H groups in total. The van der Waals surface area contributed by atoms with Gasteiger partial charge in [-0.3, -0.25) is 0 Å². The molecular weight excluding hydrogens is 538 g/mol. The highest BCUT2D eigenvalue weighted by atomic mass is 79.9. The van der Waals surface area contributed by atoms with Crippen molar-refractivity contribution in [1.29, 1.82) is 0 Å². The Balaban J connectivity index is 1.98. The normalized spacial score (nSPS) is 28.8. The van der Waals surface area contributed by atoms with E-state index in [2.05, 4.69) is 72.3 Å². The van der Waals surface area contributed by atoms with Gasteiger partial charge in [0.25, 0.3) is 0 Å². The maximum absolute atomic E-state index is 5.87. The molecule has 4 rings (SSSR count). The summed E-state index contributed by atoms with van der Waals surface area (Å²) < 4.78 is 0.00358. The van der Waals surface area contributed by atoms with Crippen molar-refractivity contribution in [2.45, 2.75) is 14.9 Å². The van der Waals surface area contributed by atoms with Gasteiger partial charge in [0, 0.05) is 16.1 Å². The molecule has 0 radical (unpaired) electrons. The maximum atomic E-state index is 5.87. The summed E-state index contributed by atoms with van der Waals surface area (Å²) in [5.74, 6) is 0. The van der Waals surface area contributed by atoms with Crippen LogP contribution in [0.2, 0.25) is 0 Å². The highest BCUT2D eigenvalue weighted by molar-refractivity contribution is 9.13. The van der Waals surface area contributed by atoms with Gasteiger partial charge >= 0.3 is 0 Å². The molecule has 0 aliphatic carbocycles. The summed E-state index contributed by atoms with van der Waals surface area (Å²) in [7, 11) is 0. The Morgan fingerprint density at radius 1 is 0.704 bits per heavy atom. The fourth-order valence-corrected chi connectivity index (χ4v) is 5.95. The number of halogens is 3. The molecule has 3 atom stereocenters. The van der Waals surface area contributed by atoms with E-state index in [4.69, 9.17) is 9.88 Å². The van der Waals surface area contributed by atoms with E-state index in [1.807, 2.05) is 66.7 Å². The van der Waals surface area contributed by atoms with Crippen molar-refractivity contribution in [3.05, 3.63) is 108 Å². The Hall–Kier alpha value is -1.02. The van der Waals surface area contributed by atoms with Crippen molar-refractivity contribution in [3.8, 4) is 0 Å². The largest absolute Gasteiger partial charge is 0.207 e. The lowest BCUT2D eigenvalue weighted by atomic mass is 9.80. The van der Waals surface area contributed by atoms with Crippen LogP contribution in [0.15, 0.2) is 91.0 Å². The Labute approximate surface area is 183 Å². The second-order valence-electron chi connectivity index (χ2n) is 6.27. The lowest BCUT2D eigenvalue weighted by Crippen LogP contribution is -2.56. The van der Waals surface area contributed by atoms with E-state index in [1.54, 1.807) is 0 Å². The fraction of sp³-hybridized carbons (Fsp3) is 0.143. The van der Waals surface area contributed by atoms with Crippen LogP contribution in [-0.2, 0) is 18.6 Å². The van der Waals surface area contributed by atoms with Crippen LogP contribution >= 0.6 is 48.0 Å². The second-order valence-corrected chi connectivity index (χ2v) is 9.31. The summed E-state index contributed by atoms with van der Waals surface area (Å²) in [5.41, 5.74) is 3.05. The number of nitrogens with zero attached hydrogens (tertiary/aromatic N) is 1. The van der Waals surface area contributed by atoms with Gasteiger partial charge in [0.1, 0.15) is 10.4 Å². The Morgan fingerprint density at radius 2 is 1.19 bits per heavy atom. The van der Waals surface area contributed by atoms with E-state index in [0.717, 1.165) is 16.7 Å². The molecule has 3 unspecified atom stereocenters. The van der Waals surface area contributed by atoms with Crippen molar-refractivity contribution < 1.29 is 9.88 Å². The monoisotopic (exact) mass is 551 g/mol. The molecule has 1 fully saturated rings. The predicted octanol–water partition coefficient (Wildman–Crippen LogP) is 6.75. The van der Waals surface area contributed by atoms with Gasteiger partial charge in [-0.1, -0.05) is 127 Å². The SMILES string of the molecule is BrN1OOC(c2ccccc2)C(Br)(c2ccccc2)C1(Br)c1ccccc1. The summed E-state index contributed by atoms with van der Waals surface area (Å²) in [4.78, 5) is 11.5. The Morgan fingerprint density at radius 3 is 1.74 bits per heavy atom. The minimum Gasteiger partial charge on any atom is -0.207 e. The van der Waals surface area contributed by atoms with Crippen molar-refractivity contribution >= 4 is 48.0 Å². The molecule has 0 bridgehead atoms. The molecule has 0 spiro atoms. The molecule has 1 aliphatic heterocycles. The minimum absolute atomic E-state index is 0.422. The number of hydrogen-bond donors (Lipinski definition) is 0. The van der Waals surface area contributed by atoms with Crippen LogP contribution in [0.5, 0.6) is 0 Å². The molecule has 138 valence electrons. The third-order valence-electron chi connectivity index (χ3n) is 4.74. The average molecular weight is 554 g/mol. The van der Waals surface area contributed by atoms with Crippen molar-refractivity contribution in [3.63, 3.8) is 0 Å². The number of rotatable bonds is 3. The number of benzene rings is 3. The molecule has 6 heteroatoms. The van der Waals surface area contributed by atoms with Crippen molar-refractivity contribution in [1.82, 2.24) is 4.09 Å².